The van der Waals surface area contributed by atoms with Gasteiger partial charge in [0.05, 0.1) is 24.7 Å². The van der Waals surface area contributed by atoms with Crippen molar-refractivity contribution in [3.8, 4) is 11.5 Å². The fourth-order valence-corrected chi connectivity index (χ4v) is 5.39. The second-order valence-electron chi connectivity index (χ2n) is 7.08. The van der Waals surface area contributed by atoms with E-state index in [2.05, 4.69) is 5.32 Å². The first-order chi connectivity index (χ1) is 13.1. The zero-order valence-corrected chi connectivity index (χ0v) is 16.0. The van der Waals surface area contributed by atoms with Gasteiger partial charge in [0.2, 0.25) is 15.9 Å². The Morgan fingerprint density at radius 2 is 1.89 bits per heavy atom. The van der Waals surface area contributed by atoms with Crippen LogP contribution >= 0.6 is 0 Å². The molecule has 148 valence electrons. The minimum absolute atomic E-state index is 0.0427. The van der Waals surface area contributed by atoms with Crippen LogP contribution in [0.15, 0.2) is 23.1 Å². The minimum atomic E-state index is -3.65. The minimum Gasteiger partial charge on any atom is -0.490 e. The quantitative estimate of drug-likeness (QED) is 0.799. The average Bonchev–Trinajstić information content (AvgIpc) is 2.93. The molecule has 1 atom stereocenters. The van der Waals surface area contributed by atoms with Gasteiger partial charge in [0.15, 0.2) is 11.5 Å². The van der Waals surface area contributed by atoms with E-state index in [1.165, 1.54) is 4.31 Å². The zero-order chi connectivity index (χ0) is 18.9. The summed E-state index contributed by atoms with van der Waals surface area (Å²) < 4.78 is 39.1. The Morgan fingerprint density at radius 3 is 2.70 bits per heavy atom. The molecule has 0 saturated carbocycles. The number of piperazine rings is 1. The highest BCUT2D eigenvalue weighted by Gasteiger charge is 2.35. The maximum atomic E-state index is 13.2. The molecule has 0 aliphatic carbocycles. The molecule has 1 aromatic carbocycles. The van der Waals surface area contributed by atoms with E-state index >= 15 is 0 Å². The molecular formula is C18H25N3O5S. The highest BCUT2D eigenvalue weighted by atomic mass is 32.2. The van der Waals surface area contributed by atoms with Gasteiger partial charge in [-0.25, -0.2) is 8.42 Å². The van der Waals surface area contributed by atoms with Gasteiger partial charge >= 0.3 is 0 Å². The van der Waals surface area contributed by atoms with Crippen LogP contribution < -0.4 is 14.8 Å². The number of ether oxygens (including phenoxy) is 2. The lowest BCUT2D eigenvalue weighted by Crippen LogP contribution is -2.57. The number of rotatable bonds is 3. The van der Waals surface area contributed by atoms with Gasteiger partial charge < -0.3 is 19.7 Å². The Morgan fingerprint density at radius 1 is 1.07 bits per heavy atom. The Labute approximate surface area is 159 Å². The molecule has 0 aromatic heterocycles. The second kappa shape index (κ2) is 7.65. The van der Waals surface area contributed by atoms with Crippen LogP contribution in [0.4, 0.5) is 0 Å². The molecule has 27 heavy (non-hydrogen) atoms. The van der Waals surface area contributed by atoms with Crippen molar-refractivity contribution in [3.63, 3.8) is 0 Å². The number of hydrogen-bond donors (Lipinski definition) is 1. The summed E-state index contributed by atoms with van der Waals surface area (Å²) in [4.78, 5) is 14.2. The van der Waals surface area contributed by atoms with E-state index in [-0.39, 0.29) is 16.8 Å². The monoisotopic (exact) mass is 395 g/mol. The molecule has 3 aliphatic rings. The number of carbonyl (C=O) groups is 1. The van der Waals surface area contributed by atoms with Crippen molar-refractivity contribution in [2.45, 2.75) is 30.2 Å². The van der Waals surface area contributed by atoms with Gasteiger partial charge in [0.1, 0.15) is 0 Å². The number of piperidine rings is 1. The molecular weight excluding hydrogens is 370 g/mol. The molecule has 8 nitrogen and oxygen atoms in total. The molecule has 0 bridgehead atoms. The third-order valence-electron chi connectivity index (χ3n) is 5.28. The lowest BCUT2D eigenvalue weighted by Gasteiger charge is -2.40. The molecule has 3 heterocycles. The van der Waals surface area contributed by atoms with Crippen molar-refractivity contribution in [2.24, 2.45) is 0 Å². The maximum Gasteiger partial charge on any atom is 0.243 e. The molecule has 2 fully saturated rings. The summed E-state index contributed by atoms with van der Waals surface area (Å²) in [5.41, 5.74) is 0. The third kappa shape index (κ3) is 3.76. The number of benzene rings is 1. The molecule has 3 aliphatic heterocycles. The van der Waals surface area contributed by atoms with Crippen molar-refractivity contribution < 1.29 is 22.7 Å². The lowest BCUT2D eigenvalue weighted by atomic mass is 10.1. The summed E-state index contributed by atoms with van der Waals surface area (Å²) in [5, 5.41) is 3.06. The SMILES string of the molecule is O=C1CNCCN1C1CCCN(S(=O)(=O)c2ccc3c(c2)OCCCO3)C1. The molecule has 0 spiro atoms. The lowest BCUT2D eigenvalue weighted by molar-refractivity contribution is -0.135. The standard InChI is InChI=1S/C18H25N3O5S/c22-18-12-19-6-8-21(18)14-3-1-7-20(13-14)27(23,24)15-4-5-16-17(11-15)26-10-2-9-25-16/h4-5,11,14,19H,1-3,6-10,12-13H2. The first-order valence-electron chi connectivity index (χ1n) is 9.46. The number of hydrogen-bond acceptors (Lipinski definition) is 6. The van der Waals surface area contributed by atoms with Crippen molar-refractivity contribution in [2.75, 3.05) is 45.9 Å². The van der Waals surface area contributed by atoms with E-state index in [0.717, 1.165) is 25.8 Å². The Balaban J connectivity index is 1.54. The Kier molecular flexibility index (Phi) is 5.25. The molecule has 1 aromatic rings. The fourth-order valence-electron chi connectivity index (χ4n) is 3.85. The van der Waals surface area contributed by atoms with Gasteiger partial charge in [-0.1, -0.05) is 0 Å². The average molecular weight is 395 g/mol. The number of nitrogens with one attached hydrogen (secondary N) is 1. The van der Waals surface area contributed by atoms with Crippen molar-refractivity contribution in [1.29, 1.82) is 0 Å². The maximum absolute atomic E-state index is 13.2. The van der Waals surface area contributed by atoms with Gasteiger partial charge in [0.25, 0.3) is 0 Å². The normalized spacial score (nSPS) is 24.5. The van der Waals surface area contributed by atoms with Gasteiger partial charge in [-0.05, 0) is 25.0 Å². The predicted octanol–water partition coefficient (Wildman–Crippen LogP) is 0.433. The van der Waals surface area contributed by atoms with Crippen LogP contribution in [-0.2, 0) is 14.8 Å². The summed E-state index contributed by atoms with van der Waals surface area (Å²) in [6.45, 7) is 3.57. The number of carbonyl (C=O) groups excluding carboxylic acids is 1. The largest absolute Gasteiger partial charge is 0.490 e. The fraction of sp³-hybridized carbons (Fsp3) is 0.611. The van der Waals surface area contributed by atoms with E-state index in [1.807, 2.05) is 4.90 Å². The zero-order valence-electron chi connectivity index (χ0n) is 15.2. The molecule has 9 heteroatoms. The van der Waals surface area contributed by atoms with Crippen molar-refractivity contribution in [1.82, 2.24) is 14.5 Å². The predicted molar refractivity (Wildman–Crippen MR) is 98.4 cm³/mol. The first-order valence-corrected chi connectivity index (χ1v) is 10.9. The van der Waals surface area contributed by atoms with E-state index < -0.39 is 10.0 Å². The smallest absolute Gasteiger partial charge is 0.243 e. The highest BCUT2D eigenvalue weighted by molar-refractivity contribution is 7.89. The summed E-state index contributed by atoms with van der Waals surface area (Å²) in [6.07, 6.45) is 2.34. The summed E-state index contributed by atoms with van der Waals surface area (Å²) in [7, 11) is -3.65. The second-order valence-corrected chi connectivity index (χ2v) is 9.02. The topological polar surface area (TPSA) is 88.2 Å². The van der Waals surface area contributed by atoms with Gasteiger partial charge in [-0.15, -0.1) is 0 Å². The molecule has 4 rings (SSSR count). The van der Waals surface area contributed by atoms with Crippen LogP contribution in [0, 0.1) is 0 Å². The van der Waals surface area contributed by atoms with Crippen LogP contribution in [0.1, 0.15) is 19.3 Å². The van der Waals surface area contributed by atoms with Crippen LogP contribution in [0.2, 0.25) is 0 Å². The molecule has 0 radical (unpaired) electrons. The van der Waals surface area contributed by atoms with Crippen molar-refractivity contribution >= 4 is 15.9 Å². The van der Waals surface area contributed by atoms with E-state index in [4.69, 9.17) is 9.47 Å². The van der Waals surface area contributed by atoms with Crippen LogP contribution in [0.25, 0.3) is 0 Å². The van der Waals surface area contributed by atoms with Crippen LogP contribution in [-0.4, -0.2) is 75.5 Å². The van der Waals surface area contributed by atoms with E-state index in [0.29, 0.717) is 50.9 Å². The third-order valence-corrected chi connectivity index (χ3v) is 7.14. The summed E-state index contributed by atoms with van der Waals surface area (Å²) >= 11 is 0. The number of fused-ring (bicyclic) bond motifs is 1. The van der Waals surface area contributed by atoms with Gasteiger partial charge in [0, 0.05) is 44.7 Å². The number of nitrogens with zero attached hydrogens (tertiary/aromatic N) is 2. The first kappa shape index (κ1) is 18.5. The highest BCUT2D eigenvalue weighted by Crippen LogP contribution is 2.33. The Hall–Kier alpha value is -1.84. The Bertz CT molecular complexity index is 813. The summed E-state index contributed by atoms with van der Waals surface area (Å²) in [6, 6.07) is 4.72. The molecule has 1 amide bonds. The number of amides is 1. The molecule has 1 N–H and O–H groups in total. The number of sulfonamides is 1. The summed E-state index contributed by atoms with van der Waals surface area (Å²) in [5.74, 6) is 1.09. The van der Waals surface area contributed by atoms with Gasteiger partial charge in [-0.2, -0.15) is 4.31 Å². The van der Waals surface area contributed by atoms with Crippen molar-refractivity contribution in [3.05, 3.63) is 18.2 Å². The molecule has 1 unspecified atom stereocenters. The van der Waals surface area contributed by atoms with Crippen LogP contribution in [0.3, 0.4) is 0 Å². The van der Waals surface area contributed by atoms with E-state index in [9.17, 15) is 13.2 Å². The molecule has 2 saturated heterocycles. The van der Waals surface area contributed by atoms with E-state index in [1.54, 1.807) is 18.2 Å². The van der Waals surface area contributed by atoms with Crippen LogP contribution in [0.5, 0.6) is 11.5 Å². The van der Waals surface area contributed by atoms with Gasteiger partial charge in [-0.3, -0.25) is 4.79 Å².